The van der Waals surface area contributed by atoms with Crippen LogP contribution in [-0.4, -0.2) is 39.1 Å². The van der Waals surface area contributed by atoms with Gasteiger partial charge in [0.15, 0.2) is 0 Å². The van der Waals surface area contributed by atoms with Crippen molar-refractivity contribution < 1.29 is 4.79 Å². The molecule has 0 fully saturated rings. The van der Waals surface area contributed by atoms with Gasteiger partial charge >= 0.3 is 0 Å². The Morgan fingerprint density at radius 3 is 2.85 bits per heavy atom. The lowest BCUT2D eigenvalue weighted by Crippen LogP contribution is -2.34. The van der Waals surface area contributed by atoms with Gasteiger partial charge < -0.3 is 4.90 Å². The second kappa shape index (κ2) is 4.45. The minimum absolute atomic E-state index is 0.0397. The summed E-state index contributed by atoms with van der Waals surface area (Å²) in [6.45, 7) is 1.79. The van der Waals surface area contributed by atoms with Crippen molar-refractivity contribution in [3.8, 4) is 0 Å². The molecule has 3 heterocycles. The van der Waals surface area contributed by atoms with Crippen molar-refractivity contribution in [1.29, 1.82) is 0 Å². The van der Waals surface area contributed by atoms with Gasteiger partial charge in [-0.3, -0.25) is 14.0 Å². The Bertz CT molecular complexity index is 872. The first-order valence-electron chi connectivity index (χ1n) is 6.15. The highest BCUT2D eigenvalue weighted by atomic mass is 32.1. The fourth-order valence-electron chi connectivity index (χ4n) is 2.21. The van der Waals surface area contributed by atoms with Crippen molar-refractivity contribution in [1.82, 2.24) is 19.1 Å². The quantitative estimate of drug-likeness (QED) is 0.710. The fraction of sp³-hybridized carbons (Fsp3) is 0.308. The Morgan fingerprint density at radius 2 is 2.15 bits per heavy atom. The van der Waals surface area contributed by atoms with Gasteiger partial charge in [-0.2, -0.15) is 5.10 Å². The first-order chi connectivity index (χ1) is 9.49. The summed E-state index contributed by atoms with van der Waals surface area (Å²) >= 11 is 1.58. The maximum Gasteiger partial charge on any atom is 0.291 e. The predicted molar refractivity (Wildman–Crippen MR) is 78.3 cm³/mol. The molecule has 20 heavy (non-hydrogen) atoms. The second-order valence-corrected chi connectivity index (χ2v) is 5.78. The number of aryl methyl sites for hydroxylation is 1. The molecule has 3 rings (SSSR count). The number of aromatic nitrogens is 3. The molecule has 6 nitrogen and oxygen atoms in total. The summed E-state index contributed by atoms with van der Waals surface area (Å²) in [5.41, 5.74) is 1.30. The number of likely N-dealkylation sites (N-methyl/N-ethyl adjacent to an activating group) is 1. The van der Waals surface area contributed by atoms with Crippen molar-refractivity contribution in [2.45, 2.75) is 13.5 Å². The topological polar surface area (TPSA) is 59.6 Å². The molecule has 0 unspecified atom stereocenters. The molecule has 0 saturated heterocycles. The molecule has 0 aliphatic rings. The Morgan fingerprint density at radius 1 is 1.40 bits per heavy atom. The zero-order valence-electron chi connectivity index (χ0n) is 11.5. The smallest absolute Gasteiger partial charge is 0.291 e. The molecule has 0 aliphatic carbocycles. The van der Waals surface area contributed by atoms with Gasteiger partial charge in [0.05, 0.1) is 10.2 Å². The van der Waals surface area contributed by atoms with E-state index in [0.717, 1.165) is 10.2 Å². The number of nitrogens with zero attached hydrogens (tertiary/aromatic N) is 4. The third-order valence-electron chi connectivity index (χ3n) is 3.25. The first-order valence-corrected chi connectivity index (χ1v) is 7.03. The van der Waals surface area contributed by atoms with E-state index in [1.165, 1.54) is 9.58 Å². The zero-order valence-corrected chi connectivity index (χ0v) is 12.3. The lowest BCUT2D eigenvalue weighted by molar-refractivity contribution is -0.129. The minimum Gasteiger partial charge on any atom is -0.347 e. The maximum atomic E-state index is 12.4. The molecule has 0 aromatic carbocycles. The van der Waals surface area contributed by atoms with Crippen LogP contribution in [0.2, 0.25) is 0 Å². The van der Waals surface area contributed by atoms with E-state index in [2.05, 4.69) is 5.10 Å². The van der Waals surface area contributed by atoms with Crippen LogP contribution >= 0.6 is 11.3 Å². The van der Waals surface area contributed by atoms with Crippen LogP contribution in [0.3, 0.4) is 0 Å². The van der Waals surface area contributed by atoms with Crippen molar-refractivity contribution >= 4 is 33.0 Å². The average Bonchev–Trinajstić information content (AvgIpc) is 2.94. The summed E-state index contributed by atoms with van der Waals surface area (Å²) in [5, 5.41) is 6.23. The largest absolute Gasteiger partial charge is 0.347 e. The standard InChI is InChI=1S/C13H14N4O2S/c1-8-14-16(7-12(18)15(2)3)13(19)10-6-11-9(17(8)10)4-5-20-11/h4-6H,7H2,1-3H3. The van der Waals surface area contributed by atoms with Gasteiger partial charge in [0.1, 0.15) is 17.9 Å². The highest BCUT2D eigenvalue weighted by Gasteiger charge is 2.15. The van der Waals surface area contributed by atoms with E-state index in [9.17, 15) is 9.59 Å². The van der Waals surface area contributed by atoms with Gasteiger partial charge in [0.25, 0.3) is 5.56 Å². The molecule has 0 N–H and O–H groups in total. The van der Waals surface area contributed by atoms with Crippen LogP contribution in [-0.2, 0) is 11.3 Å². The molecule has 0 radical (unpaired) electrons. The average molecular weight is 290 g/mol. The molecule has 3 aromatic heterocycles. The molecule has 0 aliphatic heterocycles. The lowest BCUT2D eigenvalue weighted by atomic mass is 10.5. The van der Waals surface area contributed by atoms with Crippen molar-refractivity contribution in [3.05, 3.63) is 33.7 Å². The van der Waals surface area contributed by atoms with Crippen LogP contribution in [0.25, 0.3) is 15.7 Å². The summed E-state index contributed by atoms with van der Waals surface area (Å²) < 4.78 is 4.12. The van der Waals surface area contributed by atoms with Crippen LogP contribution in [0.1, 0.15) is 5.82 Å². The molecule has 0 bridgehead atoms. The molecular weight excluding hydrogens is 276 g/mol. The van der Waals surface area contributed by atoms with Crippen LogP contribution in [0.5, 0.6) is 0 Å². The minimum atomic E-state index is -0.241. The van der Waals surface area contributed by atoms with Gasteiger partial charge in [0, 0.05) is 14.1 Å². The molecule has 3 aromatic rings. The monoisotopic (exact) mass is 290 g/mol. The molecule has 7 heteroatoms. The number of carbonyl (C=O) groups is 1. The van der Waals surface area contributed by atoms with E-state index >= 15 is 0 Å². The van der Waals surface area contributed by atoms with Crippen LogP contribution in [0.15, 0.2) is 22.3 Å². The van der Waals surface area contributed by atoms with Gasteiger partial charge in [-0.15, -0.1) is 11.3 Å². The number of amides is 1. The molecule has 0 saturated carbocycles. The van der Waals surface area contributed by atoms with Gasteiger partial charge in [-0.1, -0.05) is 0 Å². The third-order valence-corrected chi connectivity index (χ3v) is 4.10. The van der Waals surface area contributed by atoms with E-state index in [1.807, 2.05) is 28.8 Å². The Labute approximate surface area is 118 Å². The number of rotatable bonds is 2. The number of fused-ring (bicyclic) bond motifs is 3. The van der Waals surface area contributed by atoms with Crippen LogP contribution in [0.4, 0.5) is 0 Å². The highest BCUT2D eigenvalue weighted by molar-refractivity contribution is 7.17. The SMILES string of the molecule is Cc1nn(CC(=O)N(C)C)c(=O)c2cc3sccc3n12. The number of hydrogen-bond donors (Lipinski definition) is 0. The summed E-state index contributed by atoms with van der Waals surface area (Å²) in [7, 11) is 3.32. The maximum absolute atomic E-state index is 12.4. The van der Waals surface area contributed by atoms with Crippen LogP contribution < -0.4 is 5.56 Å². The molecule has 0 atom stereocenters. The van der Waals surface area contributed by atoms with Gasteiger partial charge in [0.2, 0.25) is 5.91 Å². The van der Waals surface area contributed by atoms with Crippen molar-refractivity contribution in [2.75, 3.05) is 14.1 Å². The van der Waals surface area contributed by atoms with Crippen molar-refractivity contribution in [2.24, 2.45) is 0 Å². The fourth-order valence-corrected chi connectivity index (χ4v) is 3.01. The predicted octanol–water partition coefficient (Wildman–Crippen LogP) is 1.11. The summed E-state index contributed by atoms with van der Waals surface area (Å²) in [5.74, 6) is 0.538. The van der Waals surface area contributed by atoms with E-state index in [1.54, 1.807) is 25.4 Å². The molecular formula is C13H14N4O2S. The second-order valence-electron chi connectivity index (χ2n) is 4.83. The van der Waals surface area contributed by atoms with E-state index < -0.39 is 0 Å². The number of thiophene rings is 1. The summed E-state index contributed by atoms with van der Waals surface area (Å²) in [6.07, 6.45) is 0. The zero-order chi connectivity index (χ0) is 14.4. The van der Waals surface area contributed by atoms with E-state index in [0.29, 0.717) is 11.3 Å². The Kier molecular flexibility index (Phi) is 2.86. The molecule has 104 valence electrons. The third kappa shape index (κ3) is 1.82. The summed E-state index contributed by atoms with van der Waals surface area (Å²) in [6, 6.07) is 3.82. The number of hydrogen-bond acceptors (Lipinski definition) is 4. The highest BCUT2D eigenvalue weighted by Crippen LogP contribution is 2.24. The van der Waals surface area contributed by atoms with E-state index in [-0.39, 0.29) is 18.0 Å². The Hall–Kier alpha value is -2.15. The molecule has 0 spiro atoms. The molecule has 1 amide bonds. The number of carbonyl (C=O) groups excluding carboxylic acids is 1. The Balaban J connectivity index is 2.23. The normalized spacial score (nSPS) is 11.3. The van der Waals surface area contributed by atoms with E-state index in [4.69, 9.17) is 0 Å². The van der Waals surface area contributed by atoms with Crippen molar-refractivity contribution in [3.63, 3.8) is 0 Å². The lowest BCUT2D eigenvalue weighted by Gasteiger charge is -2.12. The first kappa shape index (κ1) is 12.9. The van der Waals surface area contributed by atoms with Crippen LogP contribution in [0, 0.1) is 6.92 Å². The summed E-state index contributed by atoms with van der Waals surface area (Å²) in [4.78, 5) is 25.6. The van der Waals surface area contributed by atoms with Gasteiger partial charge in [-0.25, -0.2) is 4.68 Å². The van der Waals surface area contributed by atoms with Gasteiger partial charge in [-0.05, 0) is 24.4 Å².